The average molecular weight is 332 g/mol. The Bertz CT molecular complexity index is 575. The van der Waals surface area contributed by atoms with Gasteiger partial charge in [0.15, 0.2) is 0 Å². The maximum Gasteiger partial charge on any atom is 0.498 e. The van der Waals surface area contributed by atoms with Crippen molar-refractivity contribution in [2.75, 3.05) is 7.11 Å². The van der Waals surface area contributed by atoms with E-state index in [2.05, 4.69) is 39.8 Å². The zero-order valence-electron chi connectivity index (χ0n) is 15.5. The van der Waals surface area contributed by atoms with Gasteiger partial charge in [-0.2, -0.15) is 0 Å². The summed E-state index contributed by atoms with van der Waals surface area (Å²) < 4.78 is 18.0. The van der Waals surface area contributed by atoms with Crippen LogP contribution in [-0.4, -0.2) is 36.6 Å². The van der Waals surface area contributed by atoms with E-state index in [-0.39, 0.29) is 17.3 Å². The Morgan fingerprint density at radius 1 is 1.04 bits per heavy atom. The van der Waals surface area contributed by atoms with Gasteiger partial charge in [0.25, 0.3) is 0 Å². The number of aliphatic hydroxyl groups is 1. The fourth-order valence-electron chi connectivity index (χ4n) is 3.57. The second-order valence-corrected chi connectivity index (χ2v) is 8.10. The highest BCUT2D eigenvalue weighted by molar-refractivity contribution is 6.63. The molecule has 2 aliphatic rings. The third-order valence-corrected chi connectivity index (χ3v) is 5.93. The van der Waals surface area contributed by atoms with Crippen LogP contribution < -0.4 is 10.2 Å². The highest BCUT2D eigenvalue weighted by atomic mass is 16.7. The molecule has 0 aromatic heterocycles. The molecule has 0 radical (unpaired) electrons. The van der Waals surface area contributed by atoms with Crippen molar-refractivity contribution in [3.8, 4) is 5.75 Å². The highest BCUT2D eigenvalue weighted by Gasteiger charge is 2.52. The molecule has 1 aromatic rings. The summed E-state index contributed by atoms with van der Waals surface area (Å²) in [6.45, 7) is 8.25. The van der Waals surface area contributed by atoms with Crippen molar-refractivity contribution < 1.29 is 19.2 Å². The summed E-state index contributed by atoms with van der Waals surface area (Å²) in [6, 6.07) is 6.32. The van der Waals surface area contributed by atoms with Crippen molar-refractivity contribution in [1.82, 2.24) is 0 Å². The van der Waals surface area contributed by atoms with E-state index in [9.17, 15) is 5.11 Å². The molecule has 132 valence electrons. The minimum Gasteiger partial charge on any atom is -0.497 e. The van der Waals surface area contributed by atoms with Gasteiger partial charge in [0, 0.05) is 5.46 Å². The average Bonchev–Trinajstić information content (AvgIpc) is 2.75. The summed E-state index contributed by atoms with van der Waals surface area (Å²) in [4.78, 5) is 0. The van der Waals surface area contributed by atoms with Crippen LogP contribution >= 0.6 is 0 Å². The molecule has 2 fully saturated rings. The van der Waals surface area contributed by atoms with Crippen molar-refractivity contribution in [1.29, 1.82) is 0 Å². The van der Waals surface area contributed by atoms with Crippen LogP contribution in [0.3, 0.4) is 0 Å². The first kappa shape index (κ1) is 17.8. The summed E-state index contributed by atoms with van der Waals surface area (Å²) in [5.41, 5.74) is 1.51. The van der Waals surface area contributed by atoms with Crippen LogP contribution in [0.2, 0.25) is 0 Å². The molecule has 1 aliphatic heterocycles. The SMILES string of the molecule is COc1ccc([C@H]2CC[C@H](O)CC2)cc1B1OC(C)(C)C(C)(C)O1. The van der Waals surface area contributed by atoms with E-state index >= 15 is 0 Å². The minimum atomic E-state index is -0.418. The van der Waals surface area contributed by atoms with Crippen LogP contribution in [0.1, 0.15) is 64.9 Å². The summed E-state index contributed by atoms with van der Waals surface area (Å²) in [5, 5.41) is 9.74. The van der Waals surface area contributed by atoms with Crippen LogP contribution in [0.5, 0.6) is 5.75 Å². The number of rotatable bonds is 3. The van der Waals surface area contributed by atoms with Crippen LogP contribution in [-0.2, 0) is 9.31 Å². The third kappa shape index (κ3) is 3.22. The fourth-order valence-corrected chi connectivity index (χ4v) is 3.57. The summed E-state index contributed by atoms with van der Waals surface area (Å²) in [6.07, 6.45) is 3.67. The summed E-state index contributed by atoms with van der Waals surface area (Å²) in [7, 11) is 1.26. The zero-order valence-corrected chi connectivity index (χ0v) is 15.5. The molecule has 1 aliphatic carbocycles. The number of ether oxygens (including phenoxy) is 1. The van der Waals surface area contributed by atoms with Crippen LogP contribution in [0.4, 0.5) is 0 Å². The topological polar surface area (TPSA) is 47.9 Å². The minimum absolute atomic E-state index is 0.137. The Morgan fingerprint density at radius 3 is 2.17 bits per heavy atom. The third-order valence-electron chi connectivity index (χ3n) is 5.93. The Morgan fingerprint density at radius 2 is 1.62 bits per heavy atom. The molecule has 4 nitrogen and oxygen atoms in total. The molecule has 0 unspecified atom stereocenters. The zero-order chi connectivity index (χ0) is 17.5. The van der Waals surface area contributed by atoms with Gasteiger partial charge in [0.2, 0.25) is 0 Å². The quantitative estimate of drug-likeness (QED) is 0.865. The normalized spacial score (nSPS) is 28.8. The summed E-state index contributed by atoms with van der Waals surface area (Å²) in [5.74, 6) is 1.29. The molecular formula is C19H29BO4. The lowest BCUT2D eigenvalue weighted by Crippen LogP contribution is -2.41. The second-order valence-electron chi connectivity index (χ2n) is 8.10. The van der Waals surface area contributed by atoms with Gasteiger partial charge in [0.05, 0.1) is 24.4 Å². The van der Waals surface area contributed by atoms with Crippen molar-refractivity contribution in [3.05, 3.63) is 23.8 Å². The standard InChI is InChI=1S/C19H29BO4/c1-18(2)19(3,4)24-20(23-18)16-12-14(8-11-17(16)22-5)13-6-9-15(21)10-7-13/h8,11-13,15,21H,6-7,9-10H2,1-5H3/t13-,15-. The van der Waals surface area contributed by atoms with Gasteiger partial charge < -0.3 is 19.2 Å². The van der Waals surface area contributed by atoms with Gasteiger partial charge in [-0.05, 0) is 70.9 Å². The van der Waals surface area contributed by atoms with Crippen LogP contribution in [0, 0.1) is 0 Å². The molecule has 0 spiro atoms. The smallest absolute Gasteiger partial charge is 0.497 e. The van der Waals surface area contributed by atoms with E-state index in [0.29, 0.717) is 5.92 Å². The van der Waals surface area contributed by atoms with Crippen molar-refractivity contribution in [3.63, 3.8) is 0 Å². The monoisotopic (exact) mass is 332 g/mol. The number of hydrogen-bond acceptors (Lipinski definition) is 4. The fraction of sp³-hybridized carbons (Fsp3) is 0.684. The number of methoxy groups -OCH3 is 1. The van der Waals surface area contributed by atoms with E-state index in [0.717, 1.165) is 36.9 Å². The first-order chi connectivity index (χ1) is 11.2. The van der Waals surface area contributed by atoms with Crippen LogP contribution in [0.15, 0.2) is 18.2 Å². The van der Waals surface area contributed by atoms with E-state index in [1.54, 1.807) is 7.11 Å². The maximum absolute atomic E-state index is 9.74. The highest BCUT2D eigenvalue weighted by Crippen LogP contribution is 2.38. The predicted octanol–water partition coefficient (Wildman–Crippen LogP) is 3.01. The number of hydrogen-bond donors (Lipinski definition) is 1. The maximum atomic E-state index is 9.74. The Kier molecular flexibility index (Phi) is 4.71. The molecule has 5 heteroatoms. The van der Waals surface area contributed by atoms with Crippen molar-refractivity contribution in [2.45, 2.75) is 76.6 Å². The van der Waals surface area contributed by atoms with Crippen molar-refractivity contribution in [2.24, 2.45) is 0 Å². The van der Waals surface area contributed by atoms with E-state index in [4.69, 9.17) is 14.0 Å². The number of benzene rings is 1. The van der Waals surface area contributed by atoms with Gasteiger partial charge in [-0.3, -0.25) is 0 Å². The van der Waals surface area contributed by atoms with Gasteiger partial charge in [-0.25, -0.2) is 0 Å². The molecule has 0 amide bonds. The lowest BCUT2D eigenvalue weighted by molar-refractivity contribution is 0.00578. The van der Waals surface area contributed by atoms with Crippen LogP contribution in [0.25, 0.3) is 0 Å². The molecule has 0 atom stereocenters. The molecule has 1 saturated heterocycles. The molecule has 1 heterocycles. The molecule has 0 bridgehead atoms. The van der Waals surface area contributed by atoms with Gasteiger partial charge in [-0.1, -0.05) is 12.1 Å². The number of aliphatic hydroxyl groups excluding tert-OH is 1. The molecule has 1 N–H and O–H groups in total. The Labute approximate surface area is 145 Å². The largest absolute Gasteiger partial charge is 0.498 e. The molecule has 3 rings (SSSR count). The predicted molar refractivity (Wildman–Crippen MR) is 95.9 cm³/mol. The summed E-state index contributed by atoms with van der Waals surface area (Å²) >= 11 is 0. The van der Waals surface area contributed by atoms with Gasteiger partial charge in [0.1, 0.15) is 5.75 Å². The van der Waals surface area contributed by atoms with E-state index in [1.807, 2.05) is 6.07 Å². The molecule has 1 saturated carbocycles. The van der Waals surface area contributed by atoms with Gasteiger partial charge >= 0.3 is 7.12 Å². The lowest BCUT2D eigenvalue weighted by atomic mass is 9.74. The second kappa shape index (κ2) is 6.36. The first-order valence-electron chi connectivity index (χ1n) is 8.95. The molecule has 24 heavy (non-hydrogen) atoms. The van der Waals surface area contributed by atoms with E-state index < -0.39 is 7.12 Å². The Hall–Kier alpha value is -1.04. The van der Waals surface area contributed by atoms with Crippen molar-refractivity contribution >= 4 is 12.6 Å². The lowest BCUT2D eigenvalue weighted by Gasteiger charge is -2.32. The molecular weight excluding hydrogens is 303 g/mol. The molecule has 1 aromatic carbocycles. The van der Waals surface area contributed by atoms with Gasteiger partial charge in [-0.15, -0.1) is 0 Å². The van der Waals surface area contributed by atoms with E-state index in [1.165, 1.54) is 5.56 Å². The Balaban J connectivity index is 1.88. The first-order valence-corrected chi connectivity index (χ1v) is 8.95.